The average molecular weight is 408 g/mol. The van der Waals surface area contributed by atoms with Crippen molar-refractivity contribution in [3.05, 3.63) is 41.5 Å². The molecule has 1 aromatic carbocycles. The van der Waals surface area contributed by atoms with Gasteiger partial charge in [0.25, 0.3) is 0 Å². The number of nitrogens with zero attached hydrogens (tertiary/aromatic N) is 2. The molecule has 0 aromatic heterocycles. The van der Waals surface area contributed by atoms with Crippen molar-refractivity contribution in [1.82, 2.24) is 4.90 Å². The van der Waals surface area contributed by atoms with Crippen LogP contribution in [0, 0.1) is 11.3 Å². The molecule has 7 rings (SSSR count). The van der Waals surface area contributed by atoms with Crippen LogP contribution in [0.2, 0.25) is 0 Å². The number of esters is 2. The number of hydrogen-bond acceptors (Lipinski definition) is 6. The third-order valence-corrected chi connectivity index (χ3v) is 8.97. The van der Waals surface area contributed by atoms with Crippen LogP contribution in [0.25, 0.3) is 0 Å². The van der Waals surface area contributed by atoms with Crippen molar-refractivity contribution in [3.63, 3.8) is 0 Å². The Morgan fingerprint density at radius 2 is 2.03 bits per heavy atom. The van der Waals surface area contributed by atoms with E-state index in [0.717, 1.165) is 19.4 Å². The second kappa shape index (κ2) is 5.67. The third-order valence-electron chi connectivity index (χ3n) is 8.97. The summed E-state index contributed by atoms with van der Waals surface area (Å²) < 4.78 is 11.7. The smallest absolute Gasteiger partial charge is 0.317 e. The van der Waals surface area contributed by atoms with E-state index in [1.807, 2.05) is 0 Å². The van der Waals surface area contributed by atoms with Gasteiger partial charge in [0.2, 0.25) is 0 Å². The molecule has 0 N–H and O–H groups in total. The molecule has 6 heteroatoms. The van der Waals surface area contributed by atoms with Crippen molar-refractivity contribution in [3.8, 4) is 0 Å². The maximum absolute atomic E-state index is 13.7. The fourth-order valence-electron chi connectivity index (χ4n) is 8.30. The molecule has 1 aromatic rings. The van der Waals surface area contributed by atoms with Gasteiger partial charge in [-0.2, -0.15) is 0 Å². The highest BCUT2D eigenvalue weighted by molar-refractivity contribution is 5.85. The molecule has 1 unspecified atom stereocenters. The Kier molecular flexibility index (Phi) is 3.48. The van der Waals surface area contributed by atoms with E-state index in [0.29, 0.717) is 6.04 Å². The summed E-state index contributed by atoms with van der Waals surface area (Å²) in [5, 5.41) is 0. The first kappa shape index (κ1) is 18.4. The standard InChI is InChI=1S/C24H28N2O4/c1-5-14-12-26-18-10-16(14)24(22(28)29-4)19(26)11-23(21(24)30-13(2)27)15-8-6-7-9-17(15)25(3)20(18)23/h5-9,16,18-21H,10-12H2,1-4H3/b14-5-/t16-,18-,19-,20-,21-,23+,24+/m0/s1. The van der Waals surface area contributed by atoms with E-state index in [2.05, 4.69) is 54.1 Å². The van der Waals surface area contributed by atoms with Gasteiger partial charge in [0.05, 0.1) is 18.6 Å². The number of rotatable bonds is 2. The number of allylic oxidation sites excluding steroid dienone is 1. The second-order valence-electron chi connectivity index (χ2n) is 9.64. The van der Waals surface area contributed by atoms with E-state index in [-0.39, 0.29) is 29.9 Å². The molecule has 1 aliphatic carbocycles. The second-order valence-corrected chi connectivity index (χ2v) is 9.64. The fourth-order valence-corrected chi connectivity index (χ4v) is 8.30. The Bertz CT molecular complexity index is 1000. The van der Waals surface area contributed by atoms with E-state index in [4.69, 9.17) is 9.47 Å². The van der Waals surface area contributed by atoms with Gasteiger partial charge in [-0.05, 0) is 31.4 Å². The van der Waals surface area contributed by atoms with Crippen LogP contribution in [0.1, 0.15) is 32.3 Å². The lowest BCUT2D eigenvalue weighted by Crippen LogP contribution is -2.71. The van der Waals surface area contributed by atoms with Crippen molar-refractivity contribution in [1.29, 1.82) is 0 Å². The van der Waals surface area contributed by atoms with Gasteiger partial charge in [-0.25, -0.2) is 0 Å². The molecule has 0 radical (unpaired) electrons. The van der Waals surface area contributed by atoms with Crippen molar-refractivity contribution < 1.29 is 19.1 Å². The summed E-state index contributed by atoms with van der Waals surface area (Å²) in [6.07, 6.45) is 3.33. The Morgan fingerprint density at radius 3 is 2.73 bits per heavy atom. The number of methoxy groups -OCH3 is 1. The highest BCUT2D eigenvalue weighted by Crippen LogP contribution is 2.73. The molecule has 5 aliphatic heterocycles. The number of benzene rings is 1. The molecule has 4 saturated heterocycles. The van der Waals surface area contributed by atoms with Gasteiger partial charge < -0.3 is 14.4 Å². The van der Waals surface area contributed by atoms with Gasteiger partial charge in [0.1, 0.15) is 11.5 Å². The van der Waals surface area contributed by atoms with Gasteiger partial charge in [-0.15, -0.1) is 0 Å². The molecular weight excluding hydrogens is 380 g/mol. The predicted octanol–water partition coefficient (Wildman–Crippen LogP) is 2.27. The van der Waals surface area contributed by atoms with E-state index < -0.39 is 16.9 Å². The molecule has 30 heavy (non-hydrogen) atoms. The highest BCUT2D eigenvalue weighted by atomic mass is 16.6. The fraction of sp³-hybridized carbons (Fsp3) is 0.583. The van der Waals surface area contributed by atoms with E-state index in [1.165, 1.54) is 30.9 Å². The summed E-state index contributed by atoms with van der Waals surface area (Å²) in [5.41, 5.74) is 2.43. The van der Waals surface area contributed by atoms with Gasteiger partial charge in [0.15, 0.2) is 0 Å². The van der Waals surface area contributed by atoms with E-state index >= 15 is 0 Å². The summed E-state index contributed by atoms with van der Waals surface area (Å²) in [6, 6.07) is 8.99. The zero-order chi connectivity index (χ0) is 21.0. The number of hydrogen-bond donors (Lipinski definition) is 0. The molecule has 6 aliphatic rings. The van der Waals surface area contributed by atoms with E-state index in [1.54, 1.807) is 0 Å². The first-order valence-corrected chi connectivity index (χ1v) is 10.9. The number of carbonyl (C=O) groups is 2. The van der Waals surface area contributed by atoms with Gasteiger partial charge in [-0.3, -0.25) is 14.5 Å². The van der Waals surface area contributed by atoms with Gasteiger partial charge >= 0.3 is 11.9 Å². The summed E-state index contributed by atoms with van der Waals surface area (Å²) in [7, 11) is 3.63. The molecule has 6 nitrogen and oxygen atoms in total. The van der Waals surface area contributed by atoms with Crippen molar-refractivity contribution in [2.75, 3.05) is 25.6 Å². The number of likely N-dealkylation sites (N-methyl/N-ethyl adjacent to an activating group) is 1. The number of piperidine rings is 4. The topological polar surface area (TPSA) is 59.1 Å². The SMILES string of the molecule is C/C=C1/CN2[C@H]3C[C@@]45c6ccccc6N(C)[C@H]4[C@@H]2C[C@@H]1[C@]3(C(=O)OC)[C@H]5OC(C)=O. The number of anilines is 1. The zero-order valence-electron chi connectivity index (χ0n) is 17.9. The summed E-state index contributed by atoms with van der Waals surface area (Å²) >= 11 is 0. The predicted molar refractivity (Wildman–Crippen MR) is 111 cm³/mol. The largest absolute Gasteiger partial charge is 0.468 e. The molecule has 158 valence electrons. The normalized spacial score (nSPS) is 45.5. The lowest BCUT2D eigenvalue weighted by Gasteiger charge is -2.61. The van der Waals surface area contributed by atoms with Crippen molar-refractivity contribution in [2.45, 2.75) is 56.3 Å². The van der Waals surface area contributed by atoms with E-state index in [9.17, 15) is 9.59 Å². The molecule has 5 heterocycles. The number of ether oxygens (including phenoxy) is 2. The first-order valence-electron chi connectivity index (χ1n) is 10.9. The highest BCUT2D eigenvalue weighted by Gasteiger charge is 2.84. The Hall–Kier alpha value is -2.34. The molecule has 8 atom stereocenters. The maximum Gasteiger partial charge on any atom is 0.317 e. The minimum absolute atomic E-state index is 0.0255. The Balaban J connectivity index is 1.69. The molecule has 5 fully saturated rings. The minimum Gasteiger partial charge on any atom is -0.468 e. The van der Waals surface area contributed by atoms with Crippen LogP contribution in [-0.2, 0) is 24.5 Å². The zero-order valence-corrected chi connectivity index (χ0v) is 17.9. The maximum atomic E-state index is 13.7. The van der Waals surface area contributed by atoms with Gasteiger partial charge in [-0.1, -0.05) is 29.8 Å². The lowest BCUT2D eigenvalue weighted by atomic mass is 9.58. The quantitative estimate of drug-likeness (QED) is 0.553. The van der Waals surface area contributed by atoms with Crippen LogP contribution in [-0.4, -0.2) is 61.8 Å². The van der Waals surface area contributed by atoms with Crippen molar-refractivity contribution >= 4 is 17.6 Å². The first-order chi connectivity index (χ1) is 14.4. The number of para-hydroxylation sites is 1. The summed E-state index contributed by atoms with van der Waals surface area (Å²) in [4.78, 5) is 31.0. The third kappa shape index (κ3) is 1.71. The molecule has 1 spiro atoms. The number of fused-ring (bicyclic) bond motifs is 2. The van der Waals surface area contributed by atoms with Crippen LogP contribution in [0.5, 0.6) is 0 Å². The van der Waals surface area contributed by atoms with Crippen LogP contribution in [0.3, 0.4) is 0 Å². The summed E-state index contributed by atoms with van der Waals surface area (Å²) in [5.74, 6) is -0.506. The van der Waals surface area contributed by atoms with Crippen LogP contribution in [0.4, 0.5) is 5.69 Å². The number of carbonyl (C=O) groups excluding carboxylic acids is 2. The molecular formula is C24H28N2O4. The Labute approximate surface area is 176 Å². The Morgan fingerprint density at radius 1 is 1.27 bits per heavy atom. The molecule has 0 amide bonds. The lowest BCUT2D eigenvalue weighted by molar-refractivity contribution is -0.187. The van der Waals surface area contributed by atoms with Crippen LogP contribution >= 0.6 is 0 Å². The minimum atomic E-state index is -0.857. The molecule has 1 saturated carbocycles. The molecule has 5 bridgehead atoms. The van der Waals surface area contributed by atoms with Crippen LogP contribution < -0.4 is 4.90 Å². The van der Waals surface area contributed by atoms with Gasteiger partial charge in [0, 0.05) is 44.2 Å². The monoisotopic (exact) mass is 408 g/mol. The average Bonchev–Trinajstić information content (AvgIpc) is 3.14. The summed E-state index contributed by atoms with van der Waals surface area (Å²) in [6.45, 7) is 4.40. The van der Waals surface area contributed by atoms with Crippen LogP contribution in [0.15, 0.2) is 35.9 Å². The van der Waals surface area contributed by atoms with Crippen molar-refractivity contribution in [2.24, 2.45) is 11.3 Å².